The molecule has 0 spiro atoms. The molecular formula is C30H52O5. The zero-order valence-corrected chi connectivity index (χ0v) is 23.9. The van der Waals surface area contributed by atoms with E-state index in [2.05, 4.69) is 39.5 Å². The van der Waals surface area contributed by atoms with Crippen molar-refractivity contribution in [2.24, 2.45) is 40.9 Å². The first-order valence-corrected chi connectivity index (χ1v) is 13.2. The number of hydrogen-bond donors (Lipinski definition) is 2. The molecule has 0 saturated heterocycles. The van der Waals surface area contributed by atoms with Gasteiger partial charge in [0.25, 0.3) is 0 Å². The minimum absolute atomic E-state index is 0.0215. The van der Waals surface area contributed by atoms with Crippen LogP contribution in [0.15, 0.2) is 36.0 Å². The van der Waals surface area contributed by atoms with Gasteiger partial charge in [-0.3, -0.25) is 0 Å². The smallest absolute Gasteiger partial charge is 0.152 e. The lowest BCUT2D eigenvalue weighted by Gasteiger charge is -2.44. The Kier molecular flexibility index (Phi) is 14.2. The number of hydrogen-bond acceptors (Lipinski definition) is 5. The fourth-order valence-electron chi connectivity index (χ4n) is 6.27. The molecule has 0 aromatic heterocycles. The molecule has 5 heteroatoms. The number of ether oxygens (including phenoxy) is 1. The van der Waals surface area contributed by atoms with E-state index in [-0.39, 0.29) is 35.0 Å². The number of carbonyl (C=O) groups excluding carboxylic acids is 2. The summed E-state index contributed by atoms with van der Waals surface area (Å²) in [6, 6.07) is 0. The van der Waals surface area contributed by atoms with E-state index in [1.165, 1.54) is 0 Å². The third-order valence-electron chi connectivity index (χ3n) is 7.61. The molecule has 3 rings (SSSR count). The van der Waals surface area contributed by atoms with Gasteiger partial charge in [-0.25, -0.2) is 0 Å². The quantitative estimate of drug-likeness (QED) is 0.361. The summed E-state index contributed by atoms with van der Waals surface area (Å²) in [5.74, 6) is 0.664. The molecule has 2 saturated carbocycles. The molecule has 0 aromatic carbocycles. The van der Waals surface area contributed by atoms with Crippen molar-refractivity contribution >= 4 is 12.6 Å². The average Bonchev–Trinajstić information content (AvgIpc) is 3.44. The fraction of sp³-hybridized carbons (Fsp3) is 0.733. The van der Waals surface area contributed by atoms with Gasteiger partial charge < -0.3 is 24.5 Å². The first-order valence-electron chi connectivity index (χ1n) is 13.2. The van der Waals surface area contributed by atoms with E-state index in [9.17, 15) is 19.8 Å². The van der Waals surface area contributed by atoms with Crippen LogP contribution in [-0.4, -0.2) is 48.2 Å². The molecule has 5 nitrogen and oxygen atoms in total. The third kappa shape index (κ3) is 7.47. The minimum atomic E-state index is -1.46. The minimum Gasteiger partial charge on any atom is -0.393 e. The molecule has 2 N–H and O–H groups in total. The van der Waals surface area contributed by atoms with Crippen LogP contribution in [0.3, 0.4) is 0 Å². The first-order chi connectivity index (χ1) is 16.5. The Morgan fingerprint density at radius 3 is 2.14 bits per heavy atom. The van der Waals surface area contributed by atoms with Crippen molar-refractivity contribution in [2.45, 2.75) is 86.9 Å². The van der Waals surface area contributed by atoms with Gasteiger partial charge in [0, 0.05) is 25.9 Å². The molecule has 2 fully saturated rings. The van der Waals surface area contributed by atoms with Gasteiger partial charge in [0.15, 0.2) is 6.29 Å². The zero-order valence-electron chi connectivity index (χ0n) is 23.9. The van der Waals surface area contributed by atoms with Crippen molar-refractivity contribution in [3.8, 4) is 0 Å². The monoisotopic (exact) mass is 492 g/mol. The van der Waals surface area contributed by atoms with Crippen molar-refractivity contribution in [1.82, 2.24) is 0 Å². The van der Waals surface area contributed by atoms with Crippen molar-refractivity contribution in [1.29, 1.82) is 0 Å². The maximum Gasteiger partial charge on any atom is 0.152 e. The van der Waals surface area contributed by atoms with Crippen molar-refractivity contribution < 1.29 is 24.5 Å². The Balaban J connectivity index is 0.00000112. The lowest BCUT2D eigenvalue weighted by Crippen LogP contribution is -2.49. The van der Waals surface area contributed by atoms with Crippen LogP contribution in [0.4, 0.5) is 0 Å². The van der Waals surface area contributed by atoms with Crippen LogP contribution >= 0.6 is 0 Å². The molecule has 0 radical (unpaired) electrons. The highest BCUT2D eigenvalue weighted by atomic mass is 16.5. The van der Waals surface area contributed by atoms with Gasteiger partial charge in [-0.1, -0.05) is 72.3 Å². The number of aliphatic hydroxyl groups excluding tert-OH is 1. The number of aldehydes is 2. The van der Waals surface area contributed by atoms with E-state index >= 15 is 0 Å². The summed E-state index contributed by atoms with van der Waals surface area (Å²) in [4.78, 5) is 21.4. The lowest BCUT2D eigenvalue weighted by molar-refractivity contribution is -0.134. The van der Waals surface area contributed by atoms with Crippen molar-refractivity contribution in [2.75, 3.05) is 13.7 Å². The second kappa shape index (κ2) is 14.9. The molecule has 35 heavy (non-hydrogen) atoms. The average molecular weight is 493 g/mol. The van der Waals surface area contributed by atoms with E-state index in [1.54, 1.807) is 13.2 Å². The van der Waals surface area contributed by atoms with E-state index < -0.39 is 11.7 Å². The van der Waals surface area contributed by atoms with Crippen LogP contribution in [0.25, 0.3) is 0 Å². The molecule has 0 amide bonds. The largest absolute Gasteiger partial charge is 0.393 e. The standard InChI is InChI=1S/C22H34O4.C4H6O.2C2H6/c1-12(2)7-16-17-13(3)20(24)19-18(21(19,4)5)15(17)8-14(10-26-6)9-22(16,25)11-23;1-2-3-4-5;2*1-2/h7-8,11,13,15-20,24-25H,9-10H2,1-6H3;2,4H,1,3H2;2*1-2H3/t13-,15?,16?,17?,18?,19?,20?,22?;;;/m0.../s1. The maximum atomic E-state index is 12.0. The van der Waals surface area contributed by atoms with E-state index in [0.717, 1.165) is 17.4 Å². The number of fused-ring (bicyclic) bond motifs is 3. The Bertz CT molecular complexity index is 727. The summed E-state index contributed by atoms with van der Waals surface area (Å²) in [5.41, 5.74) is 0.705. The molecule has 202 valence electrons. The molecule has 3 aliphatic rings. The van der Waals surface area contributed by atoms with Gasteiger partial charge in [0.1, 0.15) is 11.9 Å². The SMILES string of the molecule is C=CCC=O.CC.CC.COCC1=CC2C(C(C=C(C)C)C(O)(C=O)C1)[C@H](C)C(O)C1C2C1(C)C. The van der Waals surface area contributed by atoms with E-state index in [1.807, 2.05) is 41.5 Å². The number of rotatable bonds is 6. The summed E-state index contributed by atoms with van der Waals surface area (Å²) in [6.45, 7) is 22.3. The Labute approximate surface area is 214 Å². The Morgan fingerprint density at radius 2 is 1.74 bits per heavy atom. The van der Waals surface area contributed by atoms with Gasteiger partial charge in [-0.2, -0.15) is 0 Å². The number of aliphatic hydroxyl groups is 2. The molecular weight excluding hydrogens is 440 g/mol. The lowest BCUT2D eigenvalue weighted by atomic mass is 9.62. The second-order valence-electron chi connectivity index (χ2n) is 10.4. The van der Waals surface area contributed by atoms with Crippen LogP contribution in [0.2, 0.25) is 0 Å². The number of methoxy groups -OCH3 is 1. The molecule has 0 heterocycles. The predicted molar refractivity (Wildman–Crippen MR) is 145 cm³/mol. The van der Waals surface area contributed by atoms with Gasteiger partial charge in [0.2, 0.25) is 0 Å². The van der Waals surface area contributed by atoms with Gasteiger partial charge >= 0.3 is 0 Å². The second-order valence-corrected chi connectivity index (χ2v) is 10.4. The topological polar surface area (TPSA) is 83.8 Å². The number of allylic oxidation sites excluding steroid dienone is 3. The summed E-state index contributed by atoms with van der Waals surface area (Å²) >= 11 is 0. The normalized spacial score (nSPS) is 35.7. The van der Waals surface area contributed by atoms with E-state index in [0.29, 0.717) is 31.7 Å². The summed E-state index contributed by atoms with van der Waals surface area (Å²) < 4.78 is 5.36. The van der Waals surface area contributed by atoms with Crippen LogP contribution in [0.1, 0.15) is 75.2 Å². The highest BCUT2D eigenvalue weighted by molar-refractivity contribution is 5.65. The highest BCUT2D eigenvalue weighted by Crippen LogP contribution is 2.71. The number of carbonyl (C=O) groups is 2. The highest BCUT2D eigenvalue weighted by Gasteiger charge is 2.70. The summed E-state index contributed by atoms with van der Waals surface area (Å²) in [6.07, 6.45) is 7.78. The Hall–Kier alpha value is -1.56. The molecule has 3 aliphatic carbocycles. The molecule has 0 bridgehead atoms. The zero-order chi connectivity index (χ0) is 27.6. The van der Waals surface area contributed by atoms with Crippen LogP contribution < -0.4 is 0 Å². The summed E-state index contributed by atoms with van der Waals surface area (Å²) in [7, 11) is 1.65. The molecule has 0 aromatic rings. The predicted octanol–water partition coefficient (Wildman–Crippen LogP) is 5.80. The maximum absolute atomic E-state index is 12.0. The van der Waals surface area contributed by atoms with E-state index in [4.69, 9.17) is 4.74 Å². The molecule has 0 aliphatic heterocycles. The van der Waals surface area contributed by atoms with Crippen LogP contribution in [0, 0.1) is 40.9 Å². The first kappa shape index (κ1) is 33.4. The van der Waals surface area contributed by atoms with Gasteiger partial charge in [0.05, 0.1) is 12.7 Å². The Morgan fingerprint density at radius 1 is 1.17 bits per heavy atom. The van der Waals surface area contributed by atoms with Crippen LogP contribution in [0.5, 0.6) is 0 Å². The van der Waals surface area contributed by atoms with Crippen molar-refractivity contribution in [3.05, 3.63) is 36.0 Å². The third-order valence-corrected chi connectivity index (χ3v) is 7.61. The van der Waals surface area contributed by atoms with Crippen LogP contribution in [-0.2, 0) is 14.3 Å². The fourth-order valence-corrected chi connectivity index (χ4v) is 6.27. The molecule has 7 unspecified atom stereocenters. The molecule has 8 atom stereocenters. The van der Waals surface area contributed by atoms with Gasteiger partial charge in [-0.15, -0.1) is 6.58 Å². The summed E-state index contributed by atoms with van der Waals surface area (Å²) in [5, 5.41) is 22.3. The van der Waals surface area contributed by atoms with Gasteiger partial charge in [-0.05, 0) is 54.4 Å². The van der Waals surface area contributed by atoms with Crippen molar-refractivity contribution in [3.63, 3.8) is 0 Å².